The molecule has 0 saturated heterocycles. The molecule has 0 atom stereocenters. The van der Waals surface area contributed by atoms with Crippen LogP contribution >= 0.6 is 27.3 Å². The highest BCUT2D eigenvalue weighted by atomic mass is 79.9. The third-order valence-electron chi connectivity index (χ3n) is 3.26. The Morgan fingerprint density at radius 1 is 1.36 bits per heavy atom. The van der Waals surface area contributed by atoms with Crippen LogP contribution in [0, 0.1) is 25.2 Å². The fraction of sp³-hybridized carbons (Fsp3) is 0.188. The number of carbonyl (C=O) groups is 2. The smallest absolute Gasteiger partial charge is 0.220 e. The average molecular weight is 377 g/mol. The number of aryl methyl sites for hydroxylation is 1. The molecular weight excluding hydrogens is 364 g/mol. The number of rotatable bonds is 4. The Hall–Kier alpha value is -1.97. The van der Waals surface area contributed by atoms with Crippen molar-refractivity contribution in [2.24, 2.45) is 0 Å². The van der Waals surface area contributed by atoms with Crippen LogP contribution in [0.25, 0.3) is 6.08 Å². The highest BCUT2D eigenvalue weighted by Crippen LogP contribution is 2.26. The topological polar surface area (TPSA) is 73.7 Å². The van der Waals surface area contributed by atoms with E-state index in [0.29, 0.717) is 22.5 Å². The number of ketones is 2. The van der Waals surface area contributed by atoms with Crippen molar-refractivity contribution in [1.29, 1.82) is 5.26 Å². The van der Waals surface area contributed by atoms with Gasteiger partial charge in [-0.25, -0.2) is 0 Å². The van der Waals surface area contributed by atoms with Crippen LogP contribution < -0.4 is 0 Å². The maximum atomic E-state index is 12.6. The summed E-state index contributed by atoms with van der Waals surface area (Å²) in [7, 11) is 0. The fourth-order valence-electron chi connectivity index (χ4n) is 2.34. The minimum atomic E-state index is -0.403. The van der Waals surface area contributed by atoms with Crippen molar-refractivity contribution < 1.29 is 9.59 Å². The van der Waals surface area contributed by atoms with Crippen LogP contribution in [-0.4, -0.2) is 16.6 Å². The van der Waals surface area contributed by atoms with E-state index in [1.807, 2.05) is 18.2 Å². The van der Waals surface area contributed by atoms with Gasteiger partial charge in [0.25, 0.3) is 0 Å². The Kier molecular flexibility index (Phi) is 4.79. The van der Waals surface area contributed by atoms with Crippen LogP contribution in [0.4, 0.5) is 0 Å². The summed E-state index contributed by atoms with van der Waals surface area (Å²) in [6.45, 7) is 4.92. The van der Waals surface area contributed by atoms with Crippen molar-refractivity contribution in [2.45, 2.75) is 20.8 Å². The summed E-state index contributed by atoms with van der Waals surface area (Å²) >= 11 is 4.78. The molecule has 0 bridgehead atoms. The number of nitriles is 1. The Labute approximate surface area is 140 Å². The van der Waals surface area contributed by atoms with Crippen molar-refractivity contribution in [1.82, 2.24) is 4.98 Å². The summed E-state index contributed by atoms with van der Waals surface area (Å²) in [4.78, 5) is 27.9. The predicted molar refractivity (Wildman–Crippen MR) is 90.2 cm³/mol. The lowest BCUT2D eigenvalue weighted by Gasteiger charge is -1.99. The number of carbonyl (C=O) groups excluding carboxylic acids is 2. The number of aromatic amines is 1. The van der Waals surface area contributed by atoms with E-state index in [-0.39, 0.29) is 11.4 Å². The Balaban J connectivity index is 2.47. The van der Waals surface area contributed by atoms with Crippen LogP contribution in [-0.2, 0) is 0 Å². The first-order valence-corrected chi connectivity index (χ1v) is 8.08. The van der Waals surface area contributed by atoms with Crippen molar-refractivity contribution in [3.8, 4) is 6.07 Å². The molecule has 0 radical (unpaired) electrons. The SMILES string of the molecule is CC(=O)c1c(C)[nH]c(C(=O)/C(C#N)=C/c2ccc(Br)s2)c1C. The Bertz CT molecular complexity index is 837. The number of Topliss-reactive ketones (excluding diaryl/α,β-unsaturated/α-hetero) is 2. The molecule has 0 aliphatic heterocycles. The lowest BCUT2D eigenvalue weighted by Crippen LogP contribution is -2.05. The molecule has 0 unspecified atom stereocenters. The fourth-order valence-corrected chi connectivity index (χ4v) is 3.70. The van der Waals surface area contributed by atoms with Gasteiger partial charge in [0.2, 0.25) is 5.78 Å². The van der Waals surface area contributed by atoms with Gasteiger partial charge in [0.05, 0.1) is 9.48 Å². The highest BCUT2D eigenvalue weighted by Gasteiger charge is 2.22. The molecule has 0 amide bonds. The Morgan fingerprint density at radius 2 is 2.05 bits per heavy atom. The largest absolute Gasteiger partial charge is 0.355 e. The number of nitrogens with zero attached hydrogens (tertiary/aromatic N) is 1. The number of hydrogen-bond donors (Lipinski definition) is 1. The van der Waals surface area contributed by atoms with Crippen LogP contribution in [0.1, 0.15) is 43.9 Å². The summed E-state index contributed by atoms with van der Waals surface area (Å²) in [6, 6.07) is 5.62. The molecule has 0 spiro atoms. The van der Waals surface area contributed by atoms with Gasteiger partial charge in [0.15, 0.2) is 5.78 Å². The number of nitrogens with one attached hydrogen (secondary N) is 1. The molecule has 4 nitrogen and oxygen atoms in total. The average Bonchev–Trinajstić information content (AvgIpc) is 2.98. The first-order chi connectivity index (χ1) is 10.3. The van der Waals surface area contributed by atoms with Gasteiger partial charge in [-0.05, 0) is 60.5 Å². The molecule has 2 aromatic rings. The maximum absolute atomic E-state index is 12.6. The minimum absolute atomic E-state index is 0.0359. The molecule has 0 aromatic carbocycles. The number of allylic oxidation sites excluding steroid dienone is 1. The van der Waals surface area contributed by atoms with Gasteiger partial charge in [-0.1, -0.05) is 0 Å². The normalized spacial score (nSPS) is 11.3. The molecule has 112 valence electrons. The molecule has 1 N–H and O–H groups in total. The predicted octanol–water partition coefficient (Wildman–Crippen LogP) is 4.45. The minimum Gasteiger partial charge on any atom is -0.355 e. The summed E-state index contributed by atoms with van der Waals surface area (Å²) < 4.78 is 0.925. The second-order valence-electron chi connectivity index (χ2n) is 4.82. The van der Waals surface area contributed by atoms with E-state index in [4.69, 9.17) is 0 Å². The first kappa shape index (κ1) is 16.4. The van der Waals surface area contributed by atoms with Crippen LogP contribution in [0.5, 0.6) is 0 Å². The van der Waals surface area contributed by atoms with E-state index in [0.717, 1.165) is 8.66 Å². The third kappa shape index (κ3) is 3.11. The van der Waals surface area contributed by atoms with Crippen molar-refractivity contribution in [3.05, 3.63) is 48.9 Å². The van der Waals surface area contributed by atoms with E-state index in [9.17, 15) is 14.9 Å². The van der Waals surface area contributed by atoms with Gasteiger partial charge in [0, 0.05) is 16.1 Å². The third-order valence-corrected chi connectivity index (χ3v) is 4.83. The summed E-state index contributed by atoms with van der Waals surface area (Å²) in [5.74, 6) is -0.505. The number of hydrogen-bond acceptors (Lipinski definition) is 4. The molecule has 2 heterocycles. The first-order valence-electron chi connectivity index (χ1n) is 6.47. The van der Waals surface area contributed by atoms with E-state index < -0.39 is 5.78 Å². The van der Waals surface area contributed by atoms with Gasteiger partial charge in [0.1, 0.15) is 11.6 Å². The lowest BCUT2D eigenvalue weighted by molar-refractivity contribution is 0.101. The zero-order valence-electron chi connectivity index (χ0n) is 12.3. The molecule has 0 aliphatic rings. The standard InChI is InChI=1S/C16H13BrN2O2S/c1-8-14(10(3)20)9(2)19-15(8)16(21)11(7-18)6-12-4-5-13(17)22-12/h4-6,19H,1-3H3/b11-6+. The molecule has 0 saturated carbocycles. The number of H-pyrrole nitrogens is 1. The summed E-state index contributed by atoms with van der Waals surface area (Å²) in [5, 5.41) is 9.28. The van der Waals surface area contributed by atoms with Gasteiger partial charge in [-0.15, -0.1) is 11.3 Å². The molecule has 6 heteroatoms. The molecule has 0 fully saturated rings. The molecular formula is C16H13BrN2O2S. The van der Waals surface area contributed by atoms with Gasteiger partial charge >= 0.3 is 0 Å². The van der Waals surface area contributed by atoms with Crippen LogP contribution in [0.3, 0.4) is 0 Å². The summed E-state index contributed by atoms with van der Waals surface area (Å²) in [6.07, 6.45) is 1.56. The maximum Gasteiger partial charge on any atom is 0.220 e. The number of halogens is 1. The molecule has 2 aromatic heterocycles. The van der Waals surface area contributed by atoms with E-state index in [2.05, 4.69) is 20.9 Å². The highest BCUT2D eigenvalue weighted by molar-refractivity contribution is 9.11. The van der Waals surface area contributed by atoms with E-state index >= 15 is 0 Å². The lowest BCUT2D eigenvalue weighted by atomic mass is 10.0. The van der Waals surface area contributed by atoms with Crippen molar-refractivity contribution in [2.75, 3.05) is 0 Å². The molecule has 22 heavy (non-hydrogen) atoms. The monoisotopic (exact) mass is 376 g/mol. The van der Waals surface area contributed by atoms with Gasteiger partial charge in [-0.2, -0.15) is 5.26 Å². The second-order valence-corrected chi connectivity index (χ2v) is 7.32. The van der Waals surface area contributed by atoms with Crippen LogP contribution in [0.2, 0.25) is 0 Å². The molecule has 0 aliphatic carbocycles. The Morgan fingerprint density at radius 3 is 2.50 bits per heavy atom. The summed E-state index contributed by atoms with van der Waals surface area (Å²) in [5.41, 5.74) is 2.08. The van der Waals surface area contributed by atoms with E-state index in [1.54, 1.807) is 19.9 Å². The van der Waals surface area contributed by atoms with Crippen molar-refractivity contribution in [3.63, 3.8) is 0 Å². The van der Waals surface area contributed by atoms with Gasteiger partial charge < -0.3 is 4.98 Å². The quantitative estimate of drug-likeness (QED) is 0.486. The number of aromatic nitrogens is 1. The van der Waals surface area contributed by atoms with Gasteiger partial charge in [-0.3, -0.25) is 9.59 Å². The van der Waals surface area contributed by atoms with E-state index in [1.165, 1.54) is 18.3 Å². The zero-order chi connectivity index (χ0) is 16.4. The second kappa shape index (κ2) is 6.42. The van der Waals surface area contributed by atoms with Crippen LogP contribution in [0.15, 0.2) is 21.5 Å². The zero-order valence-corrected chi connectivity index (χ0v) is 14.7. The number of thiophene rings is 1. The van der Waals surface area contributed by atoms with Crippen molar-refractivity contribution >= 4 is 44.9 Å². The molecule has 2 rings (SSSR count).